The third-order valence-electron chi connectivity index (χ3n) is 5.01. The van der Waals surface area contributed by atoms with Gasteiger partial charge in [0.15, 0.2) is 0 Å². The Balaban J connectivity index is 1.71. The van der Waals surface area contributed by atoms with E-state index in [0.29, 0.717) is 6.04 Å². The fraction of sp³-hybridized carbons (Fsp3) is 1.00. The van der Waals surface area contributed by atoms with Crippen LogP contribution < -0.4 is 11.1 Å². The molecule has 0 amide bonds. The van der Waals surface area contributed by atoms with Crippen LogP contribution in [0, 0.1) is 23.7 Å². The highest BCUT2D eigenvalue weighted by molar-refractivity contribution is 4.85. The Morgan fingerprint density at radius 1 is 1.06 bits per heavy atom. The molecule has 0 heterocycles. The van der Waals surface area contributed by atoms with Gasteiger partial charge in [0.05, 0.1) is 0 Å². The summed E-state index contributed by atoms with van der Waals surface area (Å²) in [4.78, 5) is 0. The molecule has 0 spiro atoms. The van der Waals surface area contributed by atoms with Gasteiger partial charge in [-0.25, -0.2) is 0 Å². The number of hydrogen-bond donors (Lipinski definition) is 2. The molecule has 0 aliphatic heterocycles. The smallest absolute Gasteiger partial charge is 0.0218 e. The van der Waals surface area contributed by atoms with E-state index in [9.17, 15) is 0 Å². The normalized spacial score (nSPS) is 33.4. The summed E-state index contributed by atoms with van der Waals surface area (Å²) in [6.45, 7) is 6.77. The standard InChI is InChI=1S/C15H30N2/c1-11-3-5-14(6-4-11)15(9-16)17-10-12(2)13-7-8-13/h11-15,17H,3-10,16H2,1-2H3. The Morgan fingerprint density at radius 2 is 1.65 bits per heavy atom. The zero-order valence-corrected chi connectivity index (χ0v) is 11.6. The Bertz CT molecular complexity index is 217. The molecular formula is C15H30N2. The van der Waals surface area contributed by atoms with Crippen molar-refractivity contribution in [3.05, 3.63) is 0 Å². The van der Waals surface area contributed by atoms with Gasteiger partial charge < -0.3 is 11.1 Å². The molecule has 2 nitrogen and oxygen atoms in total. The van der Waals surface area contributed by atoms with Crippen LogP contribution in [0.15, 0.2) is 0 Å². The minimum Gasteiger partial charge on any atom is -0.329 e. The summed E-state index contributed by atoms with van der Waals surface area (Å²) in [5.74, 6) is 3.64. The molecule has 2 aliphatic carbocycles. The van der Waals surface area contributed by atoms with Crippen molar-refractivity contribution in [2.24, 2.45) is 29.4 Å². The summed E-state index contributed by atoms with van der Waals surface area (Å²) in [6, 6.07) is 0.573. The molecule has 0 aromatic heterocycles. The van der Waals surface area contributed by atoms with Crippen LogP contribution in [-0.4, -0.2) is 19.1 Å². The zero-order chi connectivity index (χ0) is 12.3. The van der Waals surface area contributed by atoms with Gasteiger partial charge in [-0.2, -0.15) is 0 Å². The third-order valence-corrected chi connectivity index (χ3v) is 5.01. The predicted octanol–water partition coefficient (Wildman–Crippen LogP) is 2.78. The molecule has 2 heteroatoms. The van der Waals surface area contributed by atoms with E-state index >= 15 is 0 Å². The second-order valence-electron chi connectivity index (χ2n) is 6.59. The van der Waals surface area contributed by atoms with Gasteiger partial charge in [-0.1, -0.05) is 26.7 Å². The lowest BCUT2D eigenvalue weighted by atomic mass is 9.79. The molecule has 2 unspecified atom stereocenters. The first kappa shape index (κ1) is 13.4. The maximum atomic E-state index is 5.95. The Kier molecular flexibility index (Phi) is 4.87. The van der Waals surface area contributed by atoms with E-state index < -0.39 is 0 Å². The van der Waals surface area contributed by atoms with Crippen molar-refractivity contribution in [1.29, 1.82) is 0 Å². The van der Waals surface area contributed by atoms with E-state index in [1.807, 2.05) is 0 Å². The predicted molar refractivity (Wildman–Crippen MR) is 73.9 cm³/mol. The van der Waals surface area contributed by atoms with Gasteiger partial charge in [-0.15, -0.1) is 0 Å². The molecule has 17 heavy (non-hydrogen) atoms. The number of nitrogens with one attached hydrogen (secondary N) is 1. The van der Waals surface area contributed by atoms with Gasteiger partial charge in [0, 0.05) is 12.6 Å². The topological polar surface area (TPSA) is 38.0 Å². The van der Waals surface area contributed by atoms with Crippen LogP contribution >= 0.6 is 0 Å². The van der Waals surface area contributed by atoms with Crippen LogP contribution in [0.3, 0.4) is 0 Å². The largest absolute Gasteiger partial charge is 0.329 e. The lowest BCUT2D eigenvalue weighted by molar-refractivity contribution is 0.226. The highest BCUT2D eigenvalue weighted by atomic mass is 14.9. The van der Waals surface area contributed by atoms with E-state index in [2.05, 4.69) is 19.2 Å². The first-order valence-corrected chi connectivity index (χ1v) is 7.64. The Hall–Kier alpha value is -0.0800. The van der Waals surface area contributed by atoms with Crippen molar-refractivity contribution in [3.8, 4) is 0 Å². The van der Waals surface area contributed by atoms with Crippen LogP contribution in [-0.2, 0) is 0 Å². The third kappa shape index (κ3) is 3.96. The summed E-state index contributed by atoms with van der Waals surface area (Å²) in [6.07, 6.45) is 8.48. The first-order valence-electron chi connectivity index (χ1n) is 7.64. The van der Waals surface area contributed by atoms with E-state index in [1.54, 1.807) is 0 Å². The second-order valence-corrected chi connectivity index (χ2v) is 6.59. The summed E-state index contributed by atoms with van der Waals surface area (Å²) in [5.41, 5.74) is 5.95. The Morgan fingerprint density at radius 3 is 2.18 bits per heavy atom. The van der Waals surface area contributed by atoms with Gasteiger partial charge in [0.25, 0.3) is 0 Å². The highest BCUT2D eigenvalue weighted by Crippen LogP contribution is 2.36. The molecule has 0 bridgehead atoms. The lowest BCUT2D eigenvalue weighted by Gasteiger charge is -2.33. The fourth-order valence-corrected chi connectivity index (χ4v) is 3.30. The van der Waals surface area contributed by atoms with Gasteiger partial charge in [0.1, 0.15) is 0 Å². The van der Waals surface area contributed by atoms with Crippen molar-refractivity contribution in [3.63, 3.8) is 0 Å². The molecule has 0 radical (unpaired) electrons. The molecule has 2 aliphatic rings. The molecular weight excluding hydrogens is 208 g/mol. The van der Waals surface area contributed by atoms with Crippen LogP contribution in [0.1, 0.15) is 52.4 Å². The van der Waals surface area contributed by atoms with Crippen molar-refractivity contribution in [1.82, 2.24) is 5.32 Å². The molecule has 0 aromatic carbocycles. The van der Waals surface area contributed by atoms with E-state index in [4.69, 9.17) is 5.73 Å². The Labute approximate surface area is 107 Å². The van der Waals surface area contributed by atoms with E-state index in [0.717, 1.165) is 30.2 Å². The summed E-state index contributed by atoms with van der Waals surface area (Å²) in [7, 11) is 0. The van der Waals surface area contributed by atoms with E-state index in [-0.39, 0.29) is 0 Å². The van der Waals surface area contributed by atoms with Crippen molar-refractivity contribution in [2.75, 3.05) is 13.1 Å². The monoisotopic (exact) mass is 238 g/mol. The molecule has 2 rings (SSSR count). The number of nitrogens with two attached hydrogens (primary N) is 1. The molecule has 3 N–H and O–H groups in total. The summed E-state index contributed by atoms with van der Waals surface area (Å²) < 4.78 is 0. The SMILES string of the molecule is CC1CCC(C(CN)NCC(C)C2CC2)CC1. The molecule has 0 saturated heterocycles. The minimum absolute atomic E-state index is 0.573. The van der Waals surface area contributed by atoms with Gasteiger partial charge >= 0.3 is 0 Å². The molecule has 2 atom stereocenters. The summed E-state index contributed by atoms with van der Waals surface area (Å²) >= 11 is 0. The number of hydrogen-bond acceptors (Lipinski definition) is 2. The van der Waals surface area contributed by atoms with Crippen LogP contribution in [0.25, 0.3) is 0 Å². The highest BCUT2D eigenvalue weighted by Gasteiger charge is 2.29. The minimum atomic E-state index is 0.573. The van der Waals surface area contributed by atoms with Crippen molar-refractivity contribution >= 4 is 0 Å². The fourth-order valence-electron chi connectivity index (χ4n) is 3.30. The average Bonchev–Trinajstić information content (AvgIpc) is 3.16. The van der Waals surface area contributed by atoms with Crippen LogP contribution in [0.4, 0.5) is 0 Å². The van der Waals surface area contributed by atoms with Crippen LogP contribution in [0.2, 0.25) is 0 Å². The molecule has 0 aromatic rings. The summed E-state index contributed by atoms with van der Waals surface area (Å²) in [5, 5.41) is 3.75. The van der Waals surface area contributed by atoms with Crippen molar-refractivity contribution < 1.29 is 0 Å². The maximum absolute atomic E-state index is 5.95. The van der Waals surface area contributed by atoms with Gasteiger partial charge in [-0.3, -0.25) is 0 Å². The first-order chi connectivity index (χ1) is 8.20. The average molecular weight is 238 g/mol. The molecule has 2 fully saturated rings. The van der Waals surface area contributed by atoms with Crippen molar-refractivity contribution in [2.45, 2.75) is 58.4 Å². The second kappa shape index (κ2) is 6.19. The van der Waals surface area contributed by atoms with Crippen LogP contribution in [0.5, 0.6) is 0 Å². The molecule has 2 saturated carbocycles. The lowest BCUT2D eigenvalue weighted by Crippen LogP contribution is -2.45. The molecule has 100 valence electrons. The van der Waals surface area contributed by atoms with Gasteiger partial charge in [-0.05, 0) is 55.9 Å². The zero-order valence-electron chi connectivity index (χ0n) is 11.6. The maximum Gasteiger partial charge on any atom is 0.0218 e. The quantitative estimate of drug-likeness (QED) is 0.747. The number of rotatable bonds is 6. The van der Waals surface area contributed by atoms with E-state index in [1.165, 1.54) is 45.1 Å². The van der Waals surface area contributed by atoms with Gasteiger partial charge in [0.2, 0.25) is 0 Å².